The minimum absolute atomic E-state index is 0.0268. The molecule has 0 bridgehead atoms. The number of rotatable bonds is 5. The summed E-state index contributed by atoms with van der Waals surface area (Å²) in [6.45, 7) is 1.68. The van der Waals surface area contributed by atoms with Crippen molar-refractivity contribution < 1.29 is 9.53 Å². The van der Waals surface area contributed by atoms with Crippen LogP contribution in [0.1, 0.15) is 24.0 Å². The second-order valence-corrected chi connectivity index (χ2v) is 7.69. The van der Waals surface area contributed by atoms with Crippen LogP contribution in [-0.2, 0) is 16.1 Å². The molecule has 1 atom stereocenters. The van der Waals surface area contributed by atoms with Crippen molar-refractivity contribution >= 4 is 29.4 Å². The lowest BCUT2D eigenvalue weighted by Gasteiger charge is -2.30. The van der Waals surface area contributed by atoms with Crippen LogP contribution in [0.3, 0.4) is 0 Å². The van der Waals surface area contributed by atoms with Gasteiger partial charge in [0.05, 0.1) is 31.2 Å². The number of carbonyl (C=O) groups is 1. The zero-order chi connectivity index (χ0) is 17.2. The topological polar surface area (TPSA) is 56.6 Å². The van der Waals surface area contributed by atoms with Crippen molar-refractivity contribution in [3.05, 3.63) is 35.4 Å². The van der Waals surface area contributed by atoms with Crippen LogP contribution in [0.5, 0.6) is 0 Å². The van der Waals surface area contributed by atoms with Gasteiger partial charge in [0.25, 0.3) is 0 Å². The maximum Gasteiger partial charge on any atom is 0.243 e. The van der Waals surface area contributed by atoms with Crippen molar-refractivity contribution in [1.82, 2.24) is 4.90 Å². The van der Waals surface area contributed by atoms with Gasteiger partial charge < -0.3 is 14.5 Å². The van der Waals surface area contributed by atoms with Crippen molar-refractivity contribution in [3.8, 4) is 6.07 Å². The van der Waals surface area contributed by atoms with E-state index in [0.717, 1.165) is 17.8 Å². The molecule has 0 radical (unpaired) electrons. The fraction of sp³-hybridized carbons (Fsp3) is 0.474. The van der Waals surface area contributed by atoms with Crippen molar-refractivity contribution in [2.75, 3.05) is 29.6 Å². The van der Waals surface area contributed by atoms with Gasteiger partial charge >= 0.3 is 0 Å². The lowest BCUT2D eigenvalue weighted by atomic mass is 10.0. The van der Waals surface area contributed by atoms with Gasteiger partial charge in [0.1, 0.15) is 6.04 Å². The summed E-state index contributed by atoms with van der Waals surface area (Å²) in [6, 6.07) is 8.25. The third kappa shape index (κ3) is 3.68. The first kappa shape index (κ1) is 16.5. The summed E-state index contributed by atoms with van der Waals surface area (Å²) >= 11 is 1.64. The Hall–Kier alpha value is -1.97. The van der Waals surface area contributed by atoms with E-state index in [2.05, 4.69) is 41.3 Å². The molecular formula is C19H21N3O2S. The third-order valence-electron chi connectivity index (χ3n) is 4.74. The second-order valence-electron chi connectivity index (χ2n) is 6.69. The van der Waals surface area contributed by atoms with Gasteiger partial charge in [-0.3, -0.25) is 4.79 Å². The quantitative estimate of drug-likeness (QED) is 0.813. The number of thioether (sulfide) groups is 1. The Morgan fingerprint density at radius 3 is 3.08 bits per heavy atom. The lowest BCUT2D eigenvalue weighted by Crippen LogP contribution is -2.43. The molecule has 1 aliphatic carbocycles. The molecule has 0 aromatic heterocycles. The number of hydrogen-bond acceptors (Lipinski definition) is 5. The summed E-state index contributed by atoms with van der Waals surface area (Å²) in [4.78, 5) is 16.4. The minimum Gasteiger partial charge on any atom is -0.374 e. The Labute approximate surface area is 152 Å². The molecule has 1 saturated carbocycles. The highest BCUT2D eigenvalue weighted by molar-refractivity contribution is 7.99. The molecular weight excluding hydrogens is 334 g/mol. The molecule has 0 N–H and O–H groups in total. The molecule has 2 aliphatic heterocycles. The normalized spacial score (nSPS) is 22.0. The van der Waals surface area contributed by atoms with Crippen molar-refractivity contribution in [3.63, 3.8) is 0 Å². The van der Waals surface area contributed by atoms with E-state index in [9.17, 15) is 10.1 Å². The highest BCUT2D eigenvalue weighted by Crippen LogP contribution is 2.30. The number of nitriles is 1. The molecule has 1 saturated heterocycles. The Morgan fingerprint density at radius 2 is 2.28 bits per heavy atom. The van der Waals surface area contributed by atoms with Gasteiger partial charge in [-0.1, -0.05) is 18.2 Å². The molecule has 5 nitrogen and oxygen atoms in total. The highest BCUT2D eigenvalue weighted by atomic mass is 32.2. The van der Waals surface area contributed by atoms with Gasteiger partial charge in [-0.25, -0.2) is 0 Å². The molecule has 0 unspecified atom stereocenters. The number of amides is 1. The van der Waals surface area contributed by atoms with Crippen molar-refractivity contribution in [2.24, 2.45) is 0 Å². The van der Waals surface area contributed by atoms with Crippen LogP contribution in [0.4, 0.5) is 5.69 Å². The predicted molar refractivity (Wildman–Crippen MR) is 99.1 cm³/mol. The van der Waals surface area contributed by atoms with Crippen LogP contribution < -0.4 is 4.90 Å². The number of nitrogens with zero attached hydrogens (tertiary/aromatic N) is 3. The molecule has 1 aromatic carbocycles. The van der Waals surface area contributed by atoms with E-state index < -0.39 is 0 Å². The molecule has 2 fully saturated rings. The molecule has 6 heteroatoms. The van der Waals surface area contributed by atoms with E-state index >= 15 is 0 Å². The number of anilines is 1. The largest absolute Gasteiger partial charge is 0.374 e. The molecule has 2 heterocycles. The summed E-state index contributed by atoms with van der Waals surface area (Å²) in [5.74, 6) is 1.35. The average molecular weight is 355 g/mol. The van der Waals surface area contributed by atoms with Gasteiger partial charge in [0.15, 0.2) is 0 Å². The first-order valence-electron chi connectivity index (χ1n) is 8.67. The van der Waals surface area contributed by atoms with Crippen LogP contribution in [0.25, 0.3) is 6.08 Å². The minimum atomic E-state index is -0.292. The van der Waals surface area contributed by atoms with E-state index in [-0.39, 0.29) is 11.9 Å². The van der Waals surface area contributed by atoms with Crippen LogP contribution in [0.15, 0.2) is 24.3 Å². The molecule has 1 amide bonds. The molecule has 3 aliphatic rings. The van der Waals surface area contributed by atoms with Gasteiger partial charge in [-0.15, -0.1) is 11.8 Å². The summed E-state index contributed by atoms with van der Waals surface area (Å²) < 4.78 is 5.78. The summed E-state index contributed by atoms with van der Waals surface area (Å²) in [5, 5.41) is 9.18. The van der Waals surface area contributed by atoms with Gasteiger partial charge in [-0.2, -0.15) is 5.26 Å². The van der Waals surface area contributed by atoms with Crippen LogP contribution >= 0.6 is 11.8 Å². The van der Waals surface area contributed by atoms with Gasteiger partial charge in [-0.05, 0) is 36.1 Å². The molecule has 0 spiro atoms. The van der Waals surface area contributed by atoms with E-state index in [0.29, 0.717) is 30.9 Å². The molecule has 130 valence electrons. The molecule has 4 rings (SSSR count). The van der Waals surface area contributed by atoms with E-state index in [4.69, 9.17) is 4.74 Å². The zero-order valence-corrected chi connectivity index (χ0v) is 14.9. The fourth-order valence-electron chi connectivity index (χ4n) is 3.17. The average Bonchev–Trinajstić information content (AvgIpc) is 3.34. The first-order chi connectivity index (χ1) is 12.2. The highest BCUT2D eigenvalue weighted by Gasteiger charge is 2.30. The van der Waals surface area contributed by atoms with Gasteiger partial charge in [0.2, 0.25) is 5.91 Å². The fourth-order valence-corrected chi connectivity index (χ4v) is 4.27. The Kier molecular flexibility index (Phi) is 4.69. The second kappa shape index (κ2) is 7.11. The Morgan fingerprint density at radius 1 is 1.40 bits per heavy atom. The van der Waals surface area contributed by atoms with Crippen molar-refractivity contribution in [1.29, 1.82) is 5.26 Å². The number of hydrogen-bond donors (Lipinski definition) is 0. The van der Waals surface area contributed by atoms with E-state index in [1.54, 1.807) is 16.7 Å². The molecule has 1 aromatic rings. The zero-order valence-electron chi connectivity index (χ0n) is 14.1. The SMILES string of the molecule is N#C[C@@H]1CSCN1C(=O)CN1CC=Cc2cc(COC3CC3)ccc21. The Balaban J connectivity index is 1.44. The number of carbonyl (C=O) groups excluding carboxylic acids is 1. The van der Waals surface area contributed by atoms with E-state index in [1.165, 1.54) is 18.4 Å². The maximum atomic E-state index is 12.6. The standard InChI is InChI=1S/C19H21N3O2S/c20-9-16-12-25-13-22(16)19(23)10-21-7-1-2-15-8-14(3-6-18(15)21)11-24-17-4-5-17/h1-3,6,8,16-17H,4-5,7,10-13H2/t16-/m1/s1. The first-order valence-corrected chi connectivity index (χ1v) is 9.83. The summed E-state index contributed by atoms with van der Waals surface area (Å²) in [5.41, 5.74) is 3.37. The van der Waals surface area contributed by atoms with Crippen LogP contribution in [-0.4, -0.2) is 47.7 Å². The summed E-state index contributed by atoms with van der Waals surface area (Å²) in [6.07, 6.45) is 7.01. The number of fused-ring (bicyclic) bond motifs is 1. The third-order valence-corrected chi connectivity index (χ3v) is 5.76. The number of ether oxygens (including phenoxy) is 1. The Bertz CT molecular complexity index is 739. The smallest absolute Gasteiger partial charge is 0.243 e. The number of benzene rings is 1. The maximum absolute atomic E-state index is 12.6. The monoisotopic (exact) mass is 355 g/mol. The van der Waals surface area contributed by atoms with Crippen molar-refractivity contribution in [2.45, 2.75) is 31.6 Å². The molecule has 25 heavy (non-hydrogen) atoms. The van der Waals surface area contributed by atoms with E-state index in [1.807, 2.05) is 0 Å². The summed E-state index contributed by atoms with van der Waals surface area (Å²) in [7, 11) is 0. The predicted octanol–water partition coefficient (Wildman–Crippen LogP) is 2.62. The van der Waals surface area contributed by atoms with Crippen LogP contribution in [0.2, 0.25) is 0 Å². The lowest BCUT2D eigenvalue weighted by molar-refractivity contribution is -0.129. The van der Waals surface area contributed by atoms with Crippen LogP contribution in [0, 0.1) is 11.3 Å². The van der Waals surface area contributed by atoms with Gasteiger partial charge in [0, 0.05) is 18.0 Å².